The monoisotopic (exact) mass is 262 g/mol. The summed E-state index contributed by atoms with van der Waals surface area (Å²) in [6.45, 7) is 3.68. The smallest absolute Gasteiger partial charge is 0.337 e. The summed E-state index contributed by atoms with van der Waals surface area (Å²) >= 11 is 0. The van der Waals surface area contributed by atoms with Crippen LogP contribution in [0.2, 0.25) is 0 Å². The van der Waals surface area contributed by atoms with Crippen LogP contribution in [0.15, 0.2) is 24.3 Å². The third-order valence-electron chi connectivity index (χ3n) is 3.33. The van der Waals surface area contributed by atoms with Gasteiger partial charge in [-0.3, -0.25) is 4.79 Å². The lowest BCUT2D eigenvalue weighted by Gasteiger charge is -2.33. The van der Waals surface area contributed by atoms with Crippen molar-refractivity contribution in [2.24, 2.45) is 0 Å². The Balaban J connectivity index is 2.17. The number of nitrogens with one attached hydrogen (secondary N) is 1. The lowest BCUT2D eigenvalue weighted by Crippen LogP contribution is -2.47. The van der Waals surface area contributed by atoms with Gasteiger partial charge < -0.3 is 15.0 Å². The summed E-state index contributed by atoms with van der Waals surface area (Å²) in [5.41, 5.74) is 1.52. The minimum atomic E-state index is -0.346. The summed E-state index contributed by atoms with van der Waals surface area (Å²) < 4.78 is 4.71. The Morgan fingerprint density at radius 1 is 1.42 bits per heavy atom. The molecule has 0 saturated carbocycles. The first-order chi connectivity index (χ1) is 9.11. The molecule has 1 heterocycles. The Bertz CT molecular complexity index is 487. The van der Waals surface area contributed by atoms with Gasteiger partial charge >= 0.3 is 5.97 Å². The maximum atomic E-state index is 11.5. The second kappa shape index (κ2) is 5.84. The van der Waals surface area contributed by atoms with E-state index in [0.29, 0.717) is 12.1 Å². The van der Waals surface area contributed by atoms with Crippen molar-refractivity contribution in [1.29, 1.82) is 0 Å². The van der Waals surface area contributed by atoms with Crippen LogP contribution >= 0.6 is 0 Å². The summed E-state index contributed by atoms with van der Waals surface area (Å²) in [6.07, 6.45) is 0. The zero-order chi connectivity index (χ0) is 13.8. The highest BCUT2D eigenvalue weighted by molar-refractivity contribution is 5.89. The molecule has 0 unspecified atom stereocenters. The van der Waals surface area contributed by atoms with Gasteiger partial charge in [-0.25, -0.2) is 4.79 Å². The molecular formula is C14H18N2O3. The van der Waals surface area contributed by atoms with Gasteiger partial charge in [-0.05, 0) is 17.7 Å². The van der Waals surface area contributed by atoms with E-state index in [-0.39, 0.29) is 17.9 Å². The maximum absolute atomic E-state index is 11.5. The highest BCUT2D eigenvalue weighted by atomic mass is 16.5. The summed E-state index contributed by atoms with van der Waals surface area (Å²) in [7, 11) is 1.37. The number of amides is 1. The van der Waals surface area contributed by atoms with Crippen LogP contribution in [-0.2, 0) is 9.53 Å². The Morgan fingerprint density at radius 2 is 2.21 bits per heavy atom. The van der Waals surface area contributed by atoms with Crippen molar-refractivity contribution in [3.8, 4) is 0 Å². The van der Waals surface area contributed by atoms with Gasteiger partial charge in [-0.15, -0.1) is 0 Å². The normalized spacial score (nSPS) is 19.1. The number of methoxy groups -OCH3 is 1. The van der Waals surface area contributed by atoms with Crippen LogP contribution in [0.3, 0.4) is 0 Å². The first-order valence-corrected chi connectivity index (χ1v) is 6.29. The van der Waals surface area contributed by atoms with Crippen LogP contribution in [0.5, 0.6) is 0 Å². The van der Waals surface area contributed by atoms with Crippen molar-refractivity contribution in [2.75, 3.05) is 26.7 Å². The molecule has 1 saturated heterocycles. The number of hydrogen-bond donors (Lipinski definition) is 1. The number of rotatable bonds is 2. The van der Waals surface area contributed by atoms with Crippen LogP contribution in [0.1, 0.15) is 28.9 Å². The molecule has 1 aromatic rings. The molecule has 0 aromatic heterocycles. The van der Waals surface area contributed by atoms with Crippen LogP contribution in [0, 0.1) is 0 Å². The molecule has 2 rings (SSSR count). The predicted molar refractivity (Wildman–Crippen MR) is 70.8 cm³/mol. The maximum Gasteiger partial charge on any atom is 0.337 e. The standard InChI is InChI=1S/C14H18N2O3/c1-10(17)16-7-6-15-13(9-16)11-4-3-5-12(8-11)14(18)19-2/h3-5,8,13,15H,6-7,9H2,1-2H3/t13-/m0/s1. The van der Waals surface area contributed by atoms with Gasteiger partial charge in [-0.2, -0.15) is 0 Å². The van der Waals surface area contributed by atoms with E-state index in [1.807, 2.05) is 23.1 Å². The van der Waals surface area contributed by atoms with Crippen molar-refractivity contribution in [2.45, 2.75) is 13.0 Å². The van der Waals surface area contributed by atoms with Gasteiger partial charge in [0.15, 0.2) is 0 Å². The Kier molecular flexibility index (Phi) is 4.16. The minimum Gasteiger partial charge on any atom is -0.465 e. The highest BCUT2D eigenvalue weighted by Crippen LogP contribution is 2.19. The first kappa shape index (κ1) is 13.5. The summed E-state index contributed by atoms with van der Waals surface area (Å²) in [4.78, 5) is 24.7. The number of ether oxygens (including phenoxy) is 1. The molecule has 5 nitrogen and oxygen atoms in total. The number of esters is 1. The molecule has 1 fully saturated rings. The third-order valence-corrected chi connectivity index (χ3v) is 3.33. The quantitative estimate of drug-likeness (QED) is 0.807. The number of hydrogen-bond acceptors (Lipinski definition) is 4. The van der Waals surface area contributed by atoms with Crippen molar-refractivity contribution < 1.29 is 14.3 Å². The van der Waals surface area contributed by atoms with Crippen molar-refractivity contribution in [3.63, 3.8) is 0 Å². The molecule has 0 aliphatic carbocycles. The molecule has 19 heavy (non-hydrogen) atoms. The van der Waals surface area contributed by atoms with E-state index in [2.05, 4.69) is 5.32 Å². The highest BCUT2D eigenvalue weighted by Gasteiger charge is 2.22. The van der Waals surface area contributed by atoms with Crippen LogP contribution in [0.4, 0.5) is 0 Å². The number of piperazine rings is 1. The van der Waals surface area contributed by atoms with Gasteiger partial charge in [0.05, 0.1) is 12.7 Å². The zero-order valence-electron chi connectivity index (χ0n) is 11.2. The van der Waals surface area contributed by atoms with Crippen LogP contribution < -0.4 is 5.32 Å². The fourth-order valence-electron chi connectivity index (χ4n) is 2.26. The third kappa shape index (κ3) is 3.12. The zero-order valence-corrected chi connectivity index (χ0v) is 11.2. The van der Waals surface area contributed by atoms with Gasteiger partial charge in [-0.1, -0.05) is 12.1 Å². The van der Waals surface area contributed by atoms with Gasteiger partial charge in [0.25, 0.3) is 0 Å². The predicted octanol–water partition coefficient (Wildman–Crippen LogP) is 0.966. The van der Waals surface area contributed by atoms with Crippen LogP contribution in [-0.4, -0.2) is 43.5 Å². The molecule has 1 aromatic carbocycles. The molecule has 1 amide bonds. The topological polar surface area (TPSA) is 58.6 Å². The van der Waals surface area contributed by atoms with E-state index in [4.69, 9.17) is 4.74 Å². The second-order valence-electron chi connectivity index (χ2n) is 4.59. The number of carbonyl (C=O) groups excluding carboxylic acids is 2. The lowest BCUT2D eigenvalue weighted by molar-refractivity contribution is -0.130. The molecule has 0 bridgehead atoms. The average Bonchev–Trinajstić information content (AvgIpc) is 2.46. The molecule has 1 atom stereocenters. The summed E-state index contributed by atoms with van der Waals surface area (Å²) in [5, 5.41) is 3.36. The van der Waals surface area contributed by atoms with Crippen LogP contribution in [0.25, 0.3) is 0 Å². The molecule has 1 N–H and O–H groups in total. The molecule has 0 radical (unpaired) electrons. The second-order valence-corrected chi connectivity index (χ2v) is 4.59. The van der Waals surface area contributed by atoms with Gasteiger partial charge in [0.1, 0.15) is 0 Å². The number of nitrogens with zero attached hydrogens (tertiary/aromatic N) is 1. The Hall–Kier alpha value is -1.88. The van der Waals surface area contributed by atoms with E-state index in [1.165, 1.54) is 7.11 Å². The van der Waals surface area contributed by atoms with E-state index >= 15 is 0 Å². The minimum absolute atomic E-state index is 0.0576. The van der Waals surface area contributed by atoms with E-state index in [9.17, 15) is 9.59 Å². The number of benzene rings is 1. The van der Waals surface area contributed by atoms with E-state index in [0.717, 1.165) is 18.7 Å². The van der Waals surface area contributed by atoms with E-state index < -0.39 is 0 Å². The van der Waals surface area contributed by atoms with E-state index in [1.54, 1.807) is 13.0 Å². The first-order valence-electron chi connectivity index (χ1n) is 6.29. The largest absolute Gasteiger partial charge is 0.465 e. The summed E-state index contributed by atoms with van der Waals surface area (Å²) in [5.74, 6) is -0.267. The van der Waals surface area contributed by atoms with Gasteiger partial charge in [0.2, 0.25) is 5.91 Å². The van der Waals surface area contributed by atoms with Crippen molar-refractivity contribution in [3.05, 3.63) is 35.4 Å². The summed E-state index contributed by atoms with van der Waals surface area (Å²) in [6, 6.07) is 7.37. The molecular weight excluding hydrogens is 244 g/mol. The molecule has 1 aliphatic heterocycles. The molecule has 1 aliphatic rings. The fourth-order valence-corrected chi connectivity index (χ4v) is 2.26. The Morgan fingerprint density at radius 3 is 2.89 bits per heavy atom. The fraction of sp³-hybridized carbons (Fsp3) is 0.429. The Labute approximate surface area is 112 Å². The van der Waals surface area contributed by atoms with Crippen molar-refractivity contribution in [1.82, 2.24) is 10.2 Å². The van der Waals surface area contributed by atoms with Gasteiger partial charge in [0, 0.05) is 32.6 Å². The molecule has 5 heteroatoms. The average molecular weight is 262 g/mol. The molecule has 0 spiro atoms. The number of carbonyl (C=O) groups is 2. The van der Waals surface area contributed by atoms with Crippen molar-refractivity contribution >= 4 is 11.9 Å². The lowest BCUT2D eigenvalue weighted by atomic mass is 10.0. The SMILES string of the molecule is COC(=O)c1cccc([C@@H]2CN(C(C)=O)CCN2)c1. The molecule has 102 valence electrons.